The van der Waals surface area contributed by atoms with Gasteiger partial charge in [-0.25, -0.2) is 0 Å². The molecule has 0 radical (unpaired) electrons. The van der Waals surface area contributed by atoms with Gasteiger partial charge in [-0.05, 0) is 31.3 Å². The van der Waals surface area contributed by atoms with Crippen LogP contribution in [0.4, 0.5) is 11.4 Å². The summed E-state index contributed by atoms with van der Waals surface area (Å²) in [6.45, 7) is 4.11. The van der Waals surface area contributed by atoms with E-state index in [2.05, 4.69) is 27.5 Å². The highest BCUT2D eigenvalue weighted by Crippen LogP contribution is 2.19. The van der Waals surface area contributed by atoms with Crippen LogP contribution >= 0.6 is 0 Å². The van der Waals surface area contributed by atoms with E-state index in [0.29, 0.717) is 5.69 Å². The zero-order valence-corrected chi connectivity index (χ0v) is 14.9. The third-order valence-corrected chi connectivity index (χ3v) is 4.15. The van der Waals surface area contributed by atoms with Gasteiger partial charge >= 0.3 is 11.8 Å². The van der Waals surface area contributed by atoms with E-state index in [4.69, 9.17) is 9.47 Å². The fourth-order valence-electron chi connectivity index (χ4n) is 2.53. The average Bonchev–Trinajstić information content (AvgIpc) is 2.63. The number of piperazine rings is 1. The van der Waals surface area contributed by atoms with Gasteiger partial charge in [-0.3, -0.25) is 9.59 Å². The smallest absolute Gasteiger partial charge is 0.313 e. The number of carbonyl (C=O) groups is 2. The van der Waals surface area contributed by atoms with Crippen LogP contribution in [0.25, 0.3) is 0 Å². The SMILES string of the molecule is COC(CNC(=O)C(=O)Nc1ccc(N2CCN(C)CC2)cc1)OC. The lowest BCUT2D eigenvalue weighted by molar-refractivity contribution is -0.139. The number of hydrogen-bond acceptors (Lipinski definition) is 6. The van der Waals surface area contributed by atoms with E-state index in [1.807, 2.05) is 12.1 Å². The van der Waals surface area contributed by atoms with E-state index in [1.54, 1.807) is 12.1 Å². The van der Waals surface area contributed by atoms with E-state index in [9.17, 15) is 9.59 Å². The highest BCUT2D eigenvalue weighted by molar-refractivity contribution is 6.39. The van der Waals surface area contributed by atoms with Crippen molar-refractivity contribution in [1.82, 2.24) is 10.2 Å². The normalized spacial score (nSPS) is 15.3. The third kappa shape index (κ3) is 5.70. The first-order chi connectivity index (χ1) is 12.0. The Bertz CT molecular complexity index is 567. The minimum atomic E-state index is -0.734. The molecule has 0 bridgehead atoms. The Hall–Kier alpha value is -2.16. The van der Waals surface area contributed by atoms with Crippen LogP contribution in [0.5, 0.6) is 0 Å². The van der Waals surface area contributed by atoms with Gasteiger partial charge in [0.05, 0.1) is 6.54 Å². The third-order valence-electron chi connectivity index (χ3n) is 4.15. The van der Waals surface area contributed by atoms with Gasteiger partial charge in [0.2, 0.25) is 0 Å². The number of nitrogens with one attached hydrogen (secondary N) is 2. The van der Waals surface area contributed by atoms with E-state index in [0.717, 1.165) is 31.9 Å². The van der Waals surface area contributed by atoms with Gasteiger partial charge in [0.1, 0.15) is 0 Å². The number of nitrogens with zero attached hydrogens (tertiary/aromatic N) is 2. The van der Waals surface area contributed by atoms with Gasteiger partial charge in [-0.2, -0.15) is 0 Å². The first kappa shape index (κ1) is 19.2. The summed E-state index contributed by atoms with van der Waals surface area (Å²) in [6, 6.07) is 7.49. The Morgan fingerprint density at radius 3 is 2.20 bits per heavy atom. The Morgan fingerprint density at radius 1 is 1.04 bits per heavy atom. The topological polar surface area (TPSA) is 83.1 Å². The monoisotopic (exact) mass is 350 g/mol. The molecule has 1 aromatic rings. The number of anilines is 2. The number of amides is 2. The summed E-state index contributed by atoms with van der Waals surface area (Å²) in [5.74, 6) is -1.46. The number of ether oxygens (including phenoxy) is 2. The van der Waals surface area contributed by atoms with Crippen molar-refractivity contribution in [3.8, 4) is 0 Å². The van der Waals surface area contributed by atoms with Gasteiger partial charge in [0.25, 0.3) is 0 Å². The lowest BCUT2D eigenvalue weighted by atomic mass is 10.2. The lowest BCUT2D eigenvalue weighted by Gasteiger charge is -2.34. The Morgan fingerprint density at radius 2 is 1.64 bits per heavy atom. The van der Waals surface area contributed by atoms with Gasteiger partial charge in [-0.1, -0.05) is 0 Å². The summed E-state index contributed by atoms with van der Waals surface area (Å²) in [7, 11) is 5.03. The highest BCUT2D eigenvalue weighted by atomic mass is 16.7. The molecular formula is C17H26N4O4. The molecule has 8 heteroatoms. The van der Waals surface area contributed by atoms with E-state index >= 15 is 0 Å². The summed E-state index contributed by atoms with van der Waals surface area (Å²) in [4.78, 5) is 28.3. The molecule has 1 saturated heterocycles. The zero-order valence-electron chi connectivity index (χ0n) is 14.9. The van der Waals surface area contributed by atoms with Crippen molar-refractivity contribution in [1.29, 1.82) is 0 Å². The number of hydrogen-bond donors (Lipinski definition) is 2. The fraction of sp³-hybridized carbons (Fsp3) is 0.529. The van der Waals surface area contributed by atoms with Crippen LogP contribution in [0.15, 0.2) is 24.3 Å². The molecule has 138 valence electrons. The molecule has 0 unspecified atom stereocenters. The van der Waals surface area contributed by atoms with Gasteiger partial charge < -0.3 is 29.9 Å². The molecule has 1 aromatic carbocycles. The molecule has 1 aliphatic heterocycles. The van der Waals surface area contributed by atoms with Gasteiger partial charge in [0, 0.05) is 51.8 Å². The maximum Gasteiger partial charge on any atom is 0.313 e. The quantitative estimate of drug-likeness (QED) is 0.560. The number of methoxy groups -OCH3 is 2. The molecule has 25 heavy (non-hydrogen) atoms. The molecule has 0 saturated carbocycles. The number of rotatable bonds is 6. The maximum absolute atomic E-state index is 11.9. The molecule has 1 fully saturated rings. The largest absolute Gasteiger partial charge is 0.369 e. The standard InChI is InChI=1S/C17H26N4O4/c1-20-8-10-21(11-9-20)14-6-4-13(5-7-14)19-17(23)16(22)18-12-15(24-2)25-3/h4-7,15H,8-12H2,1-3H3,(H,18,22)(H,19,23). The van der Waals surface area contributed by atoms with Gasteiger partial charge in [0.15, 0.2) is 6.29 Å². The second-order valence-electron chi connectivity index (χ2n) is 5.90. The summed E-state index contributed by atoms with van der Waals surface area (Å²) >= 11 is 0. The molecule has 0 spiro atoms. The molecule has 2 rings (SSSR count). The van der Waals surface area contributed by atoms with Crippen LogP contribution in [0.3, 0.4) is 0 Å². The van der Waals surface area contributed by atoms with Crippen LogP contribution < -0.4 is 15.5 Å². The number of carbonyl (C=O) groups excluding carboxylic acids is 2. The fourth-order valence-corrected chi connectivity index (χ4v) is 2.53. The van der Waals surface area contributed by atoms with E-state index < -0.39 is 18.1 Å². The number of benzene rings is 1. The summed E-state index contributed by atoms with van der Waals surface area (Å²) in [6.07, 6.45) is -0.584. The summed E-state index contributed by atoms with van der Waals surface area (Å²) in [5.41, 5.74) is 1.69. The van der Waals surface area contributed by atoms with Crippen molar-refractivity contribution >= 4 is 23.2 Å². The van der Waals surface area contributed by atoms with Gasteiger partial charge in [-0.15, -0.1) is 0 Å². The molecule has 8 nitrogen and oxygen atoms in total. The Kier molecular flexibility index (Phi) is 7.17. The van der Waals surface area contributed by atoms with E-state index in [-0.39, 0.29) is 6.54 Å². The molecule has 2 N–H and O–H groups in total. The summed E-state index contributed by atoms with van der Waals surface area (Å²) < 4.78 is 9.90. The van der Waals surface area contributed by atoms with Crippen molar-refractivity contribution in [3.63, 3.8) is 0 Å². The highest BCUT2D eigenvalue weighted by Gasteiger charge is 2.17. The molecule has 0 aliphatic carbocycles. The maximum atomic E-state index is 11.9. The Labute approximate surface area is 148 Å². The number of likely N-dealkylation sites (N-methyl/N-ethyl adjacent to an activating group) is 1. The van der Waals surface area contributed by atoms with Crippen LogP contribution in [0.2, 0.25) is 0 Å². The van der Waals surface area contributed by atoms with Crippen LogP contribution in [-0.4, -0.2) is 77.0 Å². The van der Waals surface area contributed by atoms with Crippen LogP contribution in [0.1, 0.15) is 0 Å². The van der Waals surface area contributed by atoms with E-state index in [1.165, 1.54) is 14.2 Å². The minimum absolute atomic E-state index is 0.0988. The average molecular weight is 350 g/mol. The first-order valence-electron chi connectivity index (χ1n) is 8.22. The zero-order chi connectivity index (χ0) is 18.2. The molecular weight excluding hydrogens is 324 g/mol. The van der Waals surface area contributed by atoms with Crippen LogP contribution in [0, 0.1) is 0 Å². The van der Waals surface area contributed by atoms with Crippen LogP contribution in [-0.2, 0) is 19.1 Å². The lowest BCUT2D eigenvalue weighted by Crippen LogP contribution is -2.44. The predicted molar refractivity (Wildman–Crippen MR) is 95.6 cm³/mol. The van der Waals surface area contributed by atoms with Crippen molar-refractivity contribution in [2.75, 3.05) is 64.2 Å². The second-order valence-corrected chi connectivity index (χ2v) is 5.90. The van der Waals surface area contributed by atoms with Crippen molar-refractivity contribution < 1.29 is 19.1 Å². The predicted octanol–water partition coefficient (Wildman–Crippen LogP) is 0.112. The summed E-state index contributed by atoms with van der Waals surface area (Å²) in [5, 5.41) is 5.04. The van der Waals surface area contributed by atoms with Crippen molar-refractivity contribution in [2.45, 2.75) is 6.29 Å². The molecule has 0 atom stereocenters. The minimum Gasteiger partial charge on any atom is -0.369 e. The molecule has 1 heterocycles. The molecule has 2 amide bonds. The first-order valence-corrected chi connectivity index (χ1v) is 8.22. The second kappa shape index (κ2) is 9.36. The van der Waals surface area contributed by atoms with Crippen molar-refractivity contribution in [3.05, 3.63) is 24.3 Å². The Balaban J connectivity index is 1.83. The molecule has 1 aliphatic rings. The molecule has 0 aromatic heterocycles. The van der Waals surface area contributed by atoms with Crippen molar-refractivity contribution in [2.24, 2.45) is 0 Å².